The van der Waals surface area contributed by atoms with Gasteiger partial charge in [-0.15, -0.1) is 0 Å². The molecule has 1 aromatic heterocycles. The molecule has 0 bridgehead atoms. The Kier molecular flexibility index (Phi) is 4.35. The smallest absolute Gasteiger partial charge is 0.151 e. The third-order valence-corrected chi connectivity index (χ3v) is 4.04. The molecule has 0 aliphatic heterocycles. The predicted octanol–water partition coefficient (Wildman–Crippen LogP) is 1.19. The minimum absolute atomic E-state index is 0.0555. The number of rotatable bonds is 6. The fourth-order valence-corrected chi connectivity index (χ4v) is 2.36. The molecule has 1 heterocycles. The van der Waals surface area contributed by atoms with E-state index in [9.17, 15) is 8.42 Å². The third kappa shape index (κ3) is 4.48. The van der Waals surface area contributed by atoms with Gasteiger partial charge in [0.2, 0.25) is 0 Å². The second-order valence-corrected chi connectivity index (χ2v) is 5.96. The number of sulfone groups is 1. The van der Waals surface area contributed by atoms with Crippen molar-refractivity contribution in [3.63, 3.8) is 0 Å². The minimum atomic E-state index is -2.90. The van der Waals surface area contributed by atoms with E-state index in [1.165, 1.54) is 0 Å². The Morgan fingerprint density at radius 1 is 1.53 bits per heavy atom. The summed E-state index contributed by atoms with van der Waals surface area (Å²) in [5, 5.41) is 3.10. The molecule has 1 aromatic rings. The summed E-state index contributed by atoms with van der Waals surface area (Å²) in [7, 11) is -2.90. The van der Waals surface area contributed by atoms with E-state index in [0.29, 0.717) is 6.54 Å². The summed E-state index contributed by atoms with van der Waals surface area (Å²) in [5.41, 5.74) is 0. The highest BCUT2D eigenvalue weighted by Gasteiger charge is 2.13. The normalized spacial score (nSPS) is 14.0. The van der Waals surface area contributed by atoms with Gasteiger partial charge in [0.15, 0.2) is 9.84 Å². The van der Waals surface area contributed by atoms with Crippen LogP contribution in [0.1, 0.15) is 19.6 Å². The van der Waals surface area contributed by atoms with Crippen LogP contribution >= 0.6 is 0 Å². The maximum absolute atomic E-state index is 11.3. The molecule has 0 saturated carbocycles. The first-order chi connectivity index (χ1) is 7.03. The number of hydrogen-bond acceptors (Lipinski definition) is 4. The first-order valence-electron chi connectivity index (χ1n) is 4.99. The van der Waals surface area contributed by atoms with Gasteiger partial charge in [0.1, 0.15) is 5.76 Å². The zero-order chi connectivity index (χ0) is 11.3. The van der Waals surface area contributed by atoms with Crippen molar-refractivity contribution in [3.8, 4) is 0 Å². The highest BCUT2D eigenvalue weighted by molar-refractivity contribution is 7.91. The highest BCUT2D eigenvalue weighted by atomic mass is 32.2. The van der Waals surface area contributed by atoms with Crippen LogP contribution < -0.4 is 5.32 Å². The summed E-state index contributed by atoms with van der Waals surface area (Å²) in [4.78, 5) is 0. The molecule has 5 heteroatoms. The van der Waals surface area contributed by atoms with Gasteiger partial charge in [-0.05, 0) is 19.1 Å². The molecule has 0 saturated heterocycles. The van der Waals surface area contributed by atoms with Gasteiger partial charge in [-0.2, -0.15) is 0 Å². The van der Waals surface area contributed by atoms with Gasteiger partial charge < -0.3 is 9.73 Å². The molecular weight excluding hydrogens is 214 g/mol. The Bertz CT molecular complexity index is 369. The predicted molar refractivity (Wildman–Crippen MR) is 59.3 cm³/mol. The van der Waals surface area contributed by atoms with Gasteiger partial charge >= 0.3 is 0 Å². The van der Waals surface area contributed by atoms with Crippen LogP contribution in [-0.2, 0) is 16.4 Å². The molecule has 15 heavy (non-hydrogen) atoms. The second kappa shape index (κ2) is 5.32. The van der Waals surface area contributed by atoms with Gasteiger partial charge in [-0.25, -0.2) is 8.42 Å². The van der Waals surface area contributed by atoms with Crippen molar-refractivity contribution in [3.05, 3.63) is 24.2 Å². The van der Waals surface area contributed by atoms with Gasteiger partial charge in [0, 0.05) is 11.8 Å². The minimum Gasteiger partial charge on any atom is -0.468 e. The lowest BCUT2D eigenvalue weighted by Gasteiger charge is -2.12. The maximum Gasteiger partial charge on any atom is 0.151 e. The molecule has 0 radical (unpaired) electrons. The Hall–Kier alpha value is -0.810. The van der Waals surface area contributed by atoms with Crippen LogP contribution in [0.4, 0.5) is 0 Å². The zero-order valence-corrected chi connectivity index (χ0v) is 9.88. The lowest BCUT2D eigenvalue weighted by atomic mass is 10.3. The van der Waals surface area contributed by atoms with Crippen LogP contribution in [0.2, 0.25) is 0 Å². The molecule has 1 atom stereocenters. The van der Waals surface area contributed by atoms with Crippen LogP contribution in [0.5, 0.6) is 0 Å². The molecule has 0 fully saturated rings. The van der Waals surface area contributed by atoms with Crippen LogP contribution in [0.3, 0.4) is 0 Å². The summed E-state index contributed by atoms with van der Waals surface area (Å²) in [6, 6.07) is 3.61. The highest BCUT2D eigenvalue weighted by Crippen LogP contribution is 2.00. The monoisotopic (exact) mass is 231 g/mol. The average molecular weight is 231 g/mol. The van der Waals surface area contributed by atoms with Crippen LogP contribution in [0, 0.1) is 0 Å². The Morgan fingerprint density at radius 3 is 2.80 bits per heavy atom. The van der Waals surface area contributed by atoms with E-state index in [4.69, 9.17) is 4.42 Å². The van der Waals surface area contributed by atoms with Crippen molar-refractivity contribution in [2.24, 2.45) is 0 Å². The molecule has 0 amide bonds. The van der Waals surface area contributed by atoms with Crippen molar-refractivity contribution in [2.75, 3.05) is 11.5 Å². The van der Waals surface area contributed by atoms with E-state index in [-0.39, 0.29) is 17.5 Å². The quantitative estimate of drug-likeness (QED) is 0.799. The van der Waals surface area contributed by atoms with Crippen molar-refractivity contribution in [1.29, 1.82) is 0 Å². The summed E-state index contributed by atoms with van der Waals surface area (Å²) in [5.74, 6) is 1.18. The molecule has 0 spiro atoms. The van der Waals surface area contributed by atoms with Gasteiger partial charge in [0.25, 0.3) is 0 Å². The fraction of sp³-hybridized carbons (Fsp3) is 0.600. The molecule has 0 aromatic carbocycles. The fourth-order valence-electron chi connectivity index (χ4n) is 1.25. The van der Waals surface area contributed by atoms with Crippen LogP contribution in [-0.4, -0.2) is 26.0 Å². The van der Waals surface area contributed by atoms with Gasteiger partial charge in [-0.1, -0.05) is 6.92 Å². The Balaban J connectivity index is 2.34. The third-order valence-electron chi connectivity index (χ3n) is 2.15. The molecular formula is C10H17NO3S. The van der Waals surface area contributed by atoms with E-state index in [1.807, 2.05) is 19.1 Å². The lowest BCUT2D eigenvalue weighted by Crippen LogP contribution is -2.33. The summed E-state index contributed by atoms with van der Waals surface area (Å²) in [6.45, 7) is 4.08. The number of furan rings is 1. The van der Waals surface area contributed by atoms with Gasteiger partial charge in [0.05, 0.1) is 18.6 Å². The lowest BCUT2D eigenvalue weighted by molar-refractivity contribution is 0.463. The first kappa shape index (κ1) is 12.3. The average Bonchev–Trinajstić information content (AvgIpc) is 2.66. The number of hydrogen-bond donors (Lipinski definition) is 1. The van der Waals surface area contributed by atoms with Crippen molar-refractivity contribution in [1.82, 2.24) is 5.32 Å². The second-order valence-electron chi connectivity index (χ2n) is 3.56. The largest absolute Gasteiger partial charge is 0.468 e. The first-order valence-corrected chi connectivity index (χ1v) is 6.82. The Morgan fingerprint density at radius 2 is 2.27 bits per heavy atom. The van der Waals surface area contributed by atoms with Crippen molar-refractivity contribution >= 4 is 9.84 Å². The topological polar surface area (TPSA) is 59.3 Å². The maximum atomic E-state index is 11.3. The molecule has 0 aliphatic rings. The van der Waals surface area contributed by atoms with E-state index >= 15 is 0 Å². The summed E-state index contributed by atoms with van der Waals surface area (Å²) < 4.78 is 27.7. The van der Waals surface area contributed by atoms with Gasteiger partial charge in [-0.3, -0.25) is 0 Å². The molecule has 0 aliphatic carbocycles. The molecule has 1 N–H and O–H groups in total. The van der Waals surface area contributed by atoms with Crippen LogP contribution in [0.15, 0.2) is 22.8 Å². The number of nitrogens with one attached hydrogen (secondary N) is 1. The van der Waals surface area contributed by atoms with Crippen LogP contribution in [0.25, 0.3) is 0 Å². The van der Waals surface area contributed by atoms with E-state index in [2.05, 4.69) is 5.32 Å². The SMILES string of the molecule is CCS(=O)(=O)CC(C)NCc1ccco1. The molecule has 86 valence electrons. The van der Waals surface area contributed by atoms with Crippen molar-refractivity contribution < 1.29 is 12.8 Å². The Labute approximate surface area is 90.6 Å². The van der Waals surface area contributed by atoms with E-state index in [0.717, 1.165) is 5.76 Å². The van der Waals surface area contributed by atoms with E-state index < -0.39 is 9.84 Å². The summed E-state index contributed by atoms with van der Waals surface area (Å²) >= 11 is 0. The zero-order valence-electron chi connectivity index (χ0n) is 9.06. The summed E-state index contributed by atoms with van der Waals surface area (Å²) in [6.07, 6.45) is 1.60. The molecule has 1 unspecified atom stereocenters. The van der Waals surface area contributed by atoms with Crippen molar-refractivity contribution in [2.45, 2.75) is 26.4 Å². The molecule has 4 nitrogen and oxygen atoms in total. The molecule has 1 rings (SSSR count). The standard InChI is InChI=1S/C10H17NO3S/c1-3-15(12,13)8-9(2)11-7-10-5-4-6-14-10/h4-6,9,11H,3,7-8H2,1-2H3. The van der Waals surface area contributed by atoms with E-state index in [1.54, 1.807) is 13.2 Å².